The van der Waals surface area contributed by atoms with E-state index in [0.717, 1.165) is 17.7 Å². The molecule has 0 fully saturated rings. The second-order valence-electron chi connectivity index (χ2n) is 4.88. The van der Waals surface area contributed by atoms with Gasteiger partial charge in [-0.15, -0.1) is 11.3 Å². The molecule has 0 amide bonds. The second-order valence-corrected chi connectivity index (χ2v) is 6.17. The van der Waals surface area contributed by atoms with Crippen molar-refractivity contribution in [3.05, 3.63) is 56.5 Å². The summed E-state index contributed by atoms with van der Waals surface area (Å²) >= 11 is 1.81. The molecule has 1 unspecified atom stereocenters. The van der Waals surface area contributed by atoms with Gasteiger partial charge in [-0.3, -0.25) is 0 Å². The summed E-state index contributed by atoms with van der Waals surface area (Å²) in [7, 11) is 0. The van der Waals surface area contributed by atoms with Crippen molar-refractivity contribution in [1.82, 2.24) is 5.32 Å². The fraction of sp³-hybridized carbons (Fsp3) is 0.375. The highest BCUT2D eigenvalue weighted by Gasteiger charge is 2.18. The van der Waals surface area contributed by atoms with Crippen LogP contribution in [0, 0.1) is 26.6 Å². The van der Waals surface area contributed by atoms with Gasteiger partial charge in [0.05, 0.1) is 6.04 Å². The molecule has 1 aromatic heterocycles. The third kappa shape index (κ3) is 3.04. The van der Waals surface area contributed by atoms with Gasteiger partial charge in [-0.25, -0.2) is 4.39 Å². The Bertz CT molecular complexity index is 555. The number of hydrogen-bond donors (Lipinski definition) is 1. The minimum absolute atomic E-state index is 0.156. The minimum Gasteiger partial charge on any atom is -0.306 e. The highest BCUT2D eigenvalue weighted by atomic mass is 32.1. The highest BCUT2D eigenvalue weighted by molar-refractivity contribution is 7.12. The van der Waals surface area contributed by atoms with Crippen LogP contribution >= 0.6 is 11.3 Å². The normalized spacial score (nSPS) is 12.7. The molecule has 0 saturated carbocycles. The van der Waals surface area contributed by atoms with Crippen LogP contribution in [0.25, 0.3) is 0 Å². The van der Waals surface area contributed by atoms with Gasteiger partial charge in [0.25, 0.3) is 0 Å². The molecule has 0 aliphatic rings. The maximum Gasteiger partial charge on any atom is 0.123 e. The lowest BCUT2D eigenvalue weighted by molar-refractivity contribution is 0.613. The Morgan fingerprint density at radius 3 is 2.42 bits per heavy atom. The number of benzene rings is 1. The van der Waals surface area contributed by atoms with Crippen molar-refractivity contribution < 1.29 is 4.39 Å². The van der Waals surface area contributed by atoms with Crippen LogP contribution in [0.5, 0.6) is 0 Å². The molecular weight excluding hydrogens is 257 g/mol. The molecule has 102 valence electrons. The summed E-state index contributed by atoms with van der Waals surface area (Å²) < 4.78 is 13.2. The molecule has 0 spiro atoms. The zero-order chi connectivity index (χ0) is 14.0. The molecule has 2 rings (SSSR count). The molecule has 2 aromatic rings. The van der Waals surface area contributed by atoms with Crippen molar-refractivity contribution in [2.45, 2.75) is 33.7 Å². The molecule has 0 bridgehead atoms. The molecule has 1 aromatic carbocycles. The summed E-state index contributed by atoms with van der Waals surface area (Å²) in [4.78, 5) is 2.64. The number of nitrogens with one attached hydrogen (secondary N) is 1. The standard InChI is InChI=1S/C16H20FNS/c1-5-18-16(15-9-10(2)12(4)19-15)14-7-6-13(17)8-11(14)3/h6-9,16,18H,5H2,1-4H3. The predicted octanol–water partition coefficient (Wildman–Crippen LogP) is 4.51. The van der Waals surface area contributed by atoms with E-state index in [4.69, 9.17) is 0 Å². The first kappa shape index (κ1) is 14.2. The molecule has 3 heteroatoms. The number of aryl methyl sites for hydroxylation is 3. The van der Waals surface area contributed by atoms with Crippen LogP contribution in [0.4, 0.5) is 4.39 Å². The summed E-state index contributed by atoms with van der Waals surface area (Å²) in [5.41, 5.74) is 3.47. The van der Waals surface area contributed by atoms with Gasteiger partial charge in [0.15, 0.2) is 0 Å². The van der Waals surface area contributed by atoms with E-state index in [9.17, 15) is 4.39 Å². The molecule has 0 saturated heterocycles. The zero-order valence-corrected chi connectivity index (χ0v) is 12.7. The molecule has 0 radical (unpaired) electrons. The van der Waals surface area contributed by atoms with Gasteiger partial charge in [0, 0.05) is 9.75 Å². The van der Waals surface area contributed by atoms with E-state index < -0.39 is 0 Å². The maximum absolute atomic E-state index is 13.2. The number of rotatable bonds is 4. The topological polar surface area (TPSA) is 12.0 Å². The van der Waals surface area contributed by atoms with Gasteiger partial charge >= 0.3 is 0 Å². The van der Waals surface area contributed by atoms with Crippen molar-refractivity contribution in [2.75, 3.05) is 6.54 Å². The maximum atomic E-state index is 13.2. The van der Waals surface area contributed by atoms with Gasteiger partial charge in [-0.1, -0.05) is 13.0 Å². The average molecular weight is 277 g/mol. The molecule has 19 heavy (non-hydrogen) atoms. The SMILES string of the molecule is CCNC(c1cc(C)c(C)s1)c1ccc(F)cc1C. The summed E-state index contributed by atoms with van der Waals surface area (Å²) in [5.74, 6) is -0.171. The van der Waals surface area contributed by atoms with Crippen LogP contribution < -0.4 is 5.32 Å². The third-order valence-corrected chi connectivity index (χ3v) is 4.64. The Kier molecular flexibility index (Phi) is 4.38. The Balaban J connectivity index is 2.44. The molecule has 0 aliphatic carbocycles. The van der Waals surface area contributed by atoms with E-state index in [1.54, 1.807) is 12.1 Å². The molecule has 0 aliphatic heterocycles. The smallest absolute Gasteiger partial charge is 0.123 e. The van der Waals surface area contributed by atoms with E-state index in [1.807, 2.05) is 24.3 Å². The lowest BCUT2D eigenvalue weighted by Crippen LogP contribution is -2.22. The third-order valence-electron chi connectivity index (χ3n) is 3.42. The van der Waals surface area contributed by atoms with Crippen LogP contribution in [0.15, 0.2) is 24.3 Å². The number of hydrogen-bond acceptors (Lipinski definition) is 2. The summed E-state index contributed by atoms with van der Waals surface area (Å²) in [6.07, 6.45) is 0. The number of thiophene rings is 1. The Morgan fingerprint density at radius 1 is 1.16 bits per heavy atom. The van der Waals surface area contributed by atoms with E-state index in [-0.39, 0.29) is 11.9 Å². The minimum atomic E-state index is -0.171. The van der Waals surface area contributed by atoms with Crippen molar-refractivity contribution in [3.8, 4) is 0 Å². The summed E-state index contributed by atoms with van der Waals surface area (Å²) in [6, 6.07) is 7.42. The first-order valence-corrected chi connectivity index (χ1v) is 7.41. The van der Waals surface area contributed by atoms with E-state index in [2.05, 4.69) is 32.2 Å². The Hall–Kier alpha value is -1.19. The van der Waals surface area contributed by atoms with Crippen molar-refractivity contribution in [3.63, 3.8) is 0 Å². The lowest BCUT2D eigenvalue weighted by atomic mass is 9.99. The van der Waals surface area contributed by atoms with Crippen LogP contribution in [0.2, 0.25) is 0 Å². The van der Waals surface area contributed by atoms with Gasteiger partial charge in [-0.2, -0.15) is 0 Å². The monoisotopic (exact) mass is 277 g/mol. The van der Waals surface area contributed by atoms with Gasteiger partial charge in [0.1, 0.15) is 5.82 Å². The molecule has 1 N–H and O–H groups in total. The zero-order valence-electron chi connectivity index (χ0n) is 11.9. The Morgan fingerprint density at radius 2 is 1.89 bits per heavy atom. The average Bonchev–Trinajstić information content (AvgIpc) is 2.67. The van der Waals surface area contributed by atoms with Crippen LogP contribution in [-0.2, 0) is 0 Å². The van der Waals surface area contributed by atoms with Gasteiger partial charge in [0.2, 0.25) is 0 Å². The van der Waals surface area contributed by atoms with Crippen molar-refractivity contribution in [1.29, 1.82) is 0 Å². The van der Waals surface area contributed by atoms with E-state index >= 15 is 0 Å². The first-order valence-electron chi connectivity index (χ1n) is 6.59. The van der Waals surface area contributed by atoms with Crippen LogP contribution in [-0.4, -0.2) is 6.54 Å². The lowest BCUT2D eigenvalue weighted by Gasteiger charge is -2.19. The fourth-order valence-electron chi connectivity index (χ4n) is 2.27. The van der Waals surface area contributed by atoms with Crippen molar-refractivity contribution in [2.24, 2.45) is 0 Å². The number of halogens is 1. The fourth-order valence-corrected chi connectivity index (χ4v) is 3.41. The predicted molar refractivity (Wildman–Crippen MR) is 80.4 cm³/mol. The van der Waals surface area contributed by atoms with Crippen LogP contribution in [0.1, 0.15) is 39.4 Å². The van der Waals surface area contributed by atoms with Gasteiger partial charge < -0.3 is 5.32 Å². The van der Waals surface area contributed by atoms with Crippen LogP contribution in [0.3, 0.4) is 0 Å². The molecule has 1 heterocycles. The Labute approximate surface area is 118 Å². The van der Waals surface area contributed by atoms with Gasteiger partial charge in [-0.05, 0) is 62.2 Å². The van der Waals surface area contributed by atoms with E-state index in [0.29, 0.717) is 0 Å². The molecule has 1 atom stereocenters. The molecular formula is C16H20FNS. The highest BCUT2D eigenvalue weighted by Crippen LogP contribution is 2.32. The first-order chi connectivity index (χ1) is 9.02. The van der Waals surface area contributed by atoms with Crippen molar-refractivity contribution >= 4 is 11.3 Å². The molecule has 1 nitrogen and oxygen atoms in total. The summed E-state index contributed by atoms with van der Waals surface area (Å²) in [5, 5.41) is 3.50. The van der Waals surface area contributed by atoms with E-state index in [1.165, 1.54) is 15.3 Å². The largest absolute Gasteiger partial charge is 0.306 e. The summed E-state index contributed by atoms with van der Waals surface area (Å²) in [6.45, 7) is 9.23. The second kappa shape index (κ2) is 5.85. The quantitative estimate of drug-likeness (QED) is 0.867.